The van der Waals surface area contributed by atoms with Crippen LogP contribution in [0.1, 0.15) is 59.3 Å². The van der Waals surface area contributed by atoms with Crippen molar-refractivity contribution >= 4 is 0 Å². The zero-order valence-corrected chi connectivity index (χ0v) is 10.3. The van der Waals surface area contributed by atoms with Crippen LogP contribution in [0.3, 0.4) is 0 Å². The van der Waals surface area contributed by atoms with Gasteiger partial charge >= 0.3 is 0 Å². The van der Waals surface area contributed by atoms with Crippen molar-refractivity contribution in [3.05, 3.63) is 0 Å². The molecule has 0 aliphatic carbocycles. The van der Waals surface area contributed by atoms with Gasteiger partial charge in [-0.25, -0.2) is 0 Å². The molecule has 1 aliphatic heterocycles. The van der Waals surface area contributed by atoms with Crippen LogP contribution in [0.2, 0.25) is 0 Å². The highest BCUT2D eigenvalue weighted by Crippen LogP contribution is 2.20. The molecular formula is C13H27N. The third kappa shape index (κ3) is 4.00. The van der Waals surface area contributed by atoms with Gasteiger partial charge in [0.1, 0.15) is 0 Å². The number of likely N-dealkylation sites (tertiary alicyclic amines) is 1. The maximum atomic E-state index is 2.74. The first-order valence-electron chi connectivity index (χ1n) is 6.48. The lowest BCUT2D eigenvalue weighted by atomic mass is 9.96. The molecule has 1 nitrogen and oxygen atoms in total. The molecule has 1 aliphatic rings. The highest BCUT2D eigenvalue weighted by molar-refractivity contribution is 4.75. The van der Waals surface area contributed by atoms with Gasteiger partial charge < -0.3 is 4.90 Å². The van der Waals surface area contributed by atoms with Crippen molar-refractivity contribution in [2.24, 2.45) is 5.92 Å². The van der Waals surface area contributed by atoms with Crippen LogP contribution in [0.5, 0.6) is 0 Å². The summed E-state index contributed by atoms with van der Waals surface area (Å²) in [6.45, 7) is 9.74. The summed E-state index contributed by atoms with van der Waals surface area (Å²) in [4.78, 5) is 2.74. The summed E-state index contributed by atoms with van der Waals surface area (Å²) in [5.74, 6) is 0.855. The van der Waals surface area contributed by atoms with Crippen molar-refractivity contribution in [2.75, 3.05) is 13.1 Å². The molecule has 0 bridgehead atoms. The highest BCUT2D eigenvalue weighted by atomic mass is 15.2. The summed E-state index contributed by atoms with van der Waals surface area (Å²) in [5.41, 5.74) is 0. The van der Waals surface area contributed by atoms with Crippen LogP contribution in [0, 0.1) is 5.92 Å². The Morgan fingerprint density at radius 1 is 1.07 bits per heavy atom. The lowest BCUT2D eigenvalue weighted by Crippen LogP contribution is -2.39. The van der Waals surface area contributed by atoms with Crippen molar-refractivity contribution in [3.63, 3.8) is 0 Å². The molecule has 0 radical (unpaired) electrons. The predicted octanol–water partition coefficient (Wildman–Crippen LogP) is 3.69. The van der Waals surface area contributed by atoms with Crippen LogP contribution >= 0.6 is 0 Å². The number of nitrogens with zero attached hydrogens (tertiary/aromatic N) is 1. The number of rotatable bonds is 5. The van der Waals surface area contributed by atoms with Crippen molar-refractivity contribution in [3.8, 4) is 0 Å². The number of hydrogen-bond donors (Lipinski definition) is 0. The molecule has 0 aromatic heterocycles. The van der Waals surface area contributed by atoms with Crippen LogP contribution in [0.25, 0.3) is 0 Å². The maximum absolute atomic E-state index is 2.74. The molecule has 1 heteroatoms. The normalized spacial score (nSPS) is 21.4. The zero-order valence-electron chi connectivity index (χ0n) is 10.3. The van der Waals surface area contributed by atoms with Gasteiger partial charge in [0.15, 0.2) is 0 Å². The molecule has 0 aromatic carbocycles. The predicted molar refractivity (Wildman–Crippen MR) is 63.6 cm³/mol. The molecule has 0 amide bonds. The molecule has 0 aromatic rings. The fraction of sp³-hybridized carbons (Fsp3) is 1.00. The molecule has 1 unspecified atom stereocenters. The van der Waals surface area contributed by atoms with Crippen LogP contribution in [-0.4, -0.2) is 24.0 Å². The Hall–Kier alpha value is -0.0400. The van der Waals surface area contributed by atoms with Gasteiger partial charge in [-0.1, -0.05) is 33.6 Å². The topological polar surface area (TPSA) is 3.24 Å². The first-order valence-corrected chi connectivity index (χ1v) is 6.48. The summed E-state index contributed by atoms with van der Waals surface area (Å²) >= 11 is 0. The van der Waals surface area contributed by atoms with E-state index in [-0.39, 0.29) is 0 Å². The number of piperidine rings is 1. The van der Waals surface area contributed by atoms with Crippen LogP contribution < -0.4 is 0 Å². The van der Waals surface area contributed by atoms with Gasteiger partial charge in [-0.15, -0.1) is 0 Å². The van der Waals surface area contributed by atoms with E-state index in [0.717, 1.165) is 12.0 Å². The second-order valence-electron chi connectivity index (χ2n) is 5.17. The minimum Gasteiger partial charge on any atom is -0.300 e. The van der Waals surface area contributed by atoms with Gasteiger partial charge in [-0.05, 0) is 44.7 Å². The minimum absolute atomic E-state index is 0.855. The molecule has 84 valence electrons. The van der Waals surface area contributed by atoms with E-state index in [1.54, 1.807) is 0 Å². The van der Waals surface area contributed by atoms with E-state index in [1.165, 1.54) is 51.6 Å². The monoisotopic (exact) mass is 197 g/mol. The van der Waals surface area contributed by atoms with Crippen LogP contribution in [0.4, 0.5) is 0 Å². The maximum Gasteiger partial charge on any atom is 0.00975 e. The molecule has 1 saturated heterocycles. The van der Waals surface area contributed by atoms with Crippen LogP contribution in [-0.2, 0) is 0 Å². The van der Waals surface area contributed by atoms with Gasteiger partial charge in [-0.3, -0.25) is 0 Å². The molecule has 0 spiro atoms. The Kier molecular flexibility index (Phi) is 5.54. The molecule has 1 atom stereocenters. The lowest BCUT2D eigenvalue weighted by Gasteiger charge is -2.35. The van der Waals surface area contributed by atoms with Gasteiger partial charge in [0, 0.05) is 6.04 Å². The fourth-order valence-corrected chi connectivity index (χ4v) is 2.61. The Bertz CT molecular complexity index is 136. The first-order chi connectivity index (χ1) is 6.74. The van der Waals surface area contributed by atoms with Gasteiger partial charge in [0.2, 0.25) is 0 Å². The van der Waals surface area contributed by atoms with E-state index >= 15 is 0 Å². The molecule has 1 fully saturated rings. The summed E-state index contributed by atoms with van der Waals surface area (Å²) in [6, 6.07) is 0.875. The standard InChI is InChI=1S/C13H27N/c1-4-8-13(11-12(2)3)14-9-6-5-7-10-14/h12-13H,4-11H2,1-3H3. The summed E-state index contributed by atoms with van der Waals surface area (Å²) in [7, 11) is 0. The van der Waals surface area contributed by atoms with Gasteiger partial charge in [-0.2, -0.15) is 0 Å². The molecule has 0 saturated carbocycles. The van der Waals surface area contributed by atoms with E-state index in [4.69, 9.17) is 0 Å². The average molecular weight is 197 g/mol. The fourth-order valence-electron chi connectivity index (χ4n) is 2.61. The largest absolute Gasteiger partial charge is 0.300 e. The minimum atomic E-state index is 0.855. The summed E-state index contributed by atoms with van der Waals surface area (Å²) < 4.78 is 0. The van der Waals surface area contributed by atoms with Crippen molar-refractivity contribution in [1.82, 2.24) is 4.90 Å². The second kappa shape index (κ2) is 6.44. The highest BCUT2D eigenvalue weighted by Gasteiger charge is 2.20. The van der Waals surface area contributed by atoms with Crippen LogP contribution in [0.15, 0.2) is 0 Å². The quantitative estimate of drug-likeness (QED) is 0.650. The molecule has 1 heterocycles. The Morgan fingerprint density at radius 3 is 2.21 bits per heavy atom. The third-order valence-corrected chi connectivity index (χ3v) is 3.27. The Balaban J connectivity index is 2.38. The van der Waals surface area contributed by atoms with Crippen molar-refractivity contribution in [2.45, 2.75) is 65.3 Å². The SMILES string of the molecule is CCCC(CC(C)C)N1CCCCC1. The molecule has 14 heavy (non-hydrogen) atoms. The van der Waals surface area contributed by atoms with Gasteiger partial charge in [0.25, 0.3) is 0 Å². The van der Waals surface area contributed by atoms with Gasteiger partial charge in [0.05, 0.1) is 0 Å². The summed E-state index contributed by atoms with van der Waals surface area (Å²) in [5, 5.41) is 0. The van der Waals surface area contributed by atoms with Crippen molar-refractivity contribution < 1.29 is 0 Å². The van der Waals surface area contributed by atoms with E-state index in [0.29, 0.717) is 0 Å². The number of hydrogen-bond acceptors (Lipinski definition) is 1. The average Bonchev–Trinajstić information content (AvgIpc) is 2.18. The Labute approximate surface area is 89.9 Å². The molecule has 0 N–H and O–H groups in total. The smallest absolute Gasteiger partial charge is 0.00975 e. The van der Waals surface area contributed by atoms with E-state index in [9.17, 15) is 0 Å². The molecule has 1 rings (SSSR count). The van der Waals surface area contributed by atoms with E-state index in [1.807, 2.05) is 0 Å². The Morgan fingerprint density at radius 2 is 1.71 bits per heavy atom. The third-order valence-electron chi connectivity index (χ3n) is 3.27. The summed E-state index contributed by atoms with van der Waals surface area (Å²) in [6.07, 6.45) is 8.45. The second-order valence-corrected chi connectivity index (χ2v) is 5.17. The molecular weight excluding hydrogens is 170 g/mol. The lowest BCUT2D eigenvalue weighted by molar-refractivity contribution is 0.136. The van der Waals surface area contributed by atoms with E-state index < -0.39 is 0 Å². The van der Waals surface area contributed by atoms with E-state index in [2.05, 4.69) is 25.7 Å². The zero-order chi connectivity index (χ0) is 10.4. The van der Waals surface area contributed by atoms with Crippen molar-refractivity contribution in [1.29, 1.82) is 0 Å². The first kappa shape index (κ1) is 12.0.